The third-order valence-electron chi connectivity index (χ3n) is 4.31. The van der Waals surface area contributed by atoms with E-state index < -0.39 is 0 Å². The Morgan fingerprint density at radius 2 is 2.00 bits per heavy atom. The van der Waals surface area contributed by atoms with Gasteiger partial charge in [-0.3, -0.25) is 4.79 Å². The van der Waals surface area contributed by atoms with Crippen molar-refractivity contribution in [2.24, 2.45) is 5.92 Å². The number of rotatable bonds is 2. The number of amides is 1. The number of fused-ring (bicyclic) bond motifs is 2. The van der Waals surface area contributed by atoms with Gasteiger partial charge in [-0.15, -0.1) is 0 Å². The van der Waals surface area contributed by atoms with Crippen molar-refractivity contribution in [2.75, 3.05) is 0 Å². The number of piperidine rings is 1. The summed E-state index contributed by atoms with van der Waals surface area (Å²) in [4.78, 5) is 14.2. The first-order chi connectivity index (χ1) is 8.74. The zero-order valence-electron chi connectivity index (χ0n) is 10.5. The molecule has 2 bridgehead atoms. The Balaban J connectivity index is 1.74. The lowest BCUT2D eigenvalue weighted by Gasteiger charge is -2.44. The molecule has 1 aliphatic heterocycles. The molecule has 1 amide bonds. The van der Waals surface area contributed by atoms with Crippen molar-refractivity contribution in [2.45, 2.75) is 44.4 Å². The minimum absolute atomic E-state index is 0.197. The number of carbonyl (C=O) groups is 1. The molecule has 3 nitrogen and oxygen atoms in total. The van der Waals surface area contributed by atoms with E-state index in [4.69, 9.17) is 0 Å². The fourth-order valence-electron chi connectivity index (χ4n) is 3.27. The zero-order valence-corrected chi connectivity index (χ0v) is 10.5. The molecule has 96 valence electrons. The smallest absolute Gasteiger partial charge is 0.223 e. The minimum Gasteiger partial charge on any atom is -0.393 e. The molecule has 1 aliphatic carbocycles. The van der Waals surface area contributed by atoms with Gasteiger partial charge in [0.15, 0.2) is 0 Å². The van der Waals surface area contributed by atoms with Crippen LogP contribution in [0.25, 0.3) is 0 Å². The van der Waals surface area contributed by atoms with Crippen LogP contribution in [0.4, 0.5) is 0 Å². The monoisotopic (exact) mass is 245 g/mol. The number of likely N-dealkylation sites (tertiary alicyclic amines) is 1. The highest BCUT2D eigenvalue weighted by Crippen LogP contribution is 2.36. The molecule has 2 aliphatic rings. The molecule has 1 saturated heterocycles. The first-order valence-electron chi connectivity index (χ1n) is 6.75. The molecule has 3 heteroatoms. The van der Waals surface area contributed by atoms with E-state index in [-0.39, 0.29) is 17.9 Å². The second kappa shape index (κ2) is 4.73. The van der Waals surface area contributed by atoms with E-state index >= 15 is 0 Å². The van der Waals surface area contributed by atoms with Gasteiger partial charge in [-0.1, -0.05) is 30.3 Å². The molecule has 3 rings (SSSR count). The average molecular weight is 245 g/mol. The largest absolute Gasteiger partial charge is 0.393 e. The van der Waals surface area contributed by atoms with Gasteiger partial charge in [-0.05, 0) is 30.7 Å². The van der Waals surface area contributed by atoms with Gasteiger partial charge in [0.05, 0.1) is 6.10 Å². The van der Waals surface area contributed by atoms with Crippen LogP contribution in [0.15, 0.2) is 30.3 Å². The van der Waals surface area contributed by atoms with E-state index in [1.54, 1.807) is 0 Å². The van der Waals surface area contributed by atoms with Crippen molar-refractivity contribution in [3.8, 4) is 0 Å². The van der Waals surface area contributed by atoms with Gasteiger partial charge in [0.25, 0.3) is 0 Å². The van der Waals surface area contributed by atoms with E-state index in [1.807, 2.05) is 23.1 Å². The van der Waals surface area contributed by atoms with Gasteiger partial charge < -0.3 is 10.0 Å². The summed E-state index contributed by atoms with van der Waals surface area (Å²) in [5, 5.41) is 9.84. The second-order valence-corrected chi connectivity index (χ2v) is 5.51. The summed E-state index contributed by atoms with van der Waals surface area (Å²) in [6, 6.07) is 10.5. The van der Waals surface area contributed by atoms with Crippen molar-refractivity contribution < 1.29 is 9.90 Å². The molecule has 1 aromatic rings. The van der Waals surface area contributed by atoms with Gasteiger partial charge in [-0.2, -0.15) is 0 Å². The number of hydrogen-bond donors (Lipinski definition) is 1. The predicted molar refractivity (Wildman–Crippen MR) is 68.7 cm³/mol. The van der Waals surface area contributed by atoms with Crippen molar-refractivity contribution in [3.05, 3.63) is 35.9 Å². The van der Waals surface area contributed by atoms with Crippen LogP contribution in [-0.2, 0) is 11.3 Å². The van der Waals surface area contributed by atoms with Crippen LogP contribution in [0, 0.1) is 5.92 Å². The number of aliphatic hydroxyl groups is 1. The number of benzene rings is 1. The minimum atomic E-state index is -0.260. The Kier molecular flexibility index (Phi) is 3.08. The number of carbonyl (C=O) groups excluding carboxylic acids is 1. The second-order valence-electron chi connectivity index (χ2n) is 5.51. The van der Waals surface area contributed by atoms with E-state index in [1.165, 1.54) is 5.56 Å². The number of hydrogen-bond acceptors (Lipinski definition) is 2. The fraction of sp³-hybridized carbons (Fsp3) is 0.533. The van der Waals surface area contributed by atoms with Gasteiger partial charge in [0.1, 0.15) is 0 Å². The van der Waals surface area contributed by atoms with Crippen LogP contribution in [0.5, 0.6) is 0 Å². The summed E-state index contributed by atoms with van der Waals surface area (Å²) in [5.74, 6) is 0.405. The Hall–Kier alpha value is -1.35. The summed E-state index contributed by atoms with van der Waals surface area (Å²) in [6.07, 6.45) is 3.01. The molecular formula is C15H19NO2. The SMILES string of the molecule is O=C1C[C@H]2C[C@H](CC[C@@H]2O)N1Cc1ccccc1. The zero-order chi connectivity index (χ0) is 12.5. The van der Waals surface area contributed by atoms with E-state index in [2.05, 4.69) is 12.1 Å². The highest BCUT2D eigenvalue weighted by atomic mass is 16.3. The lowest BCUT2D eigenvalue weighted by Crippen LogP contribution is -2.51. The lowest BCUT2D eigenvalue weighted by atomic mass is 9.77. The molecule has 3 atom stereocenters. The van der Waals surface area contributed by atoms with E-state index in [0.29, 0.717) is 19.0 Å². The van der Waals surface area contributed by atoms with Crippen LogP contribution >= 0.6 is 0 Å². The molecule has 0 aromatic heterocycles. The van der Waals surface area contributed by atoms with Crippen molar-refractivity contribution in [1.82, 2.24) is 4.90 Å². The fourth-order valence-corrected chi connectivity index (χ4v) is 3.27. The first-order valence-corrected chi connectivity index (χ1v) is 6.75. The van der Waals surface area contributed by atoms with Crippen LogP contribution in [0.2, 0.25) is 0 Å². The van der Waals surface area contributed by atoms with Gasteiger partial charge in [0, 0.05) is 19.0 Å². The highest BCUT2D eigenvalue weighted by molar-refractivity contribution is 5.78. The molecule has 1 aromatic carbocycles. The summed E-state index contributed by atoms with van der Waals surface area (Å²) < 4.78 is 0. The predicted octanol–water partition coefficient (Wildman–Crippen LogP) is 1.95. The lowest BCUT2D eigenvalue weighted by molar-refractivity contribution is -0.145. The Morgan fingerprint density at radius 1 is 1.22 bits per heavy atom. The summed E-state index contributed by atoms with van der Waals surface area (Å²) in [7, 11) is 0. The van der Waals surface area contributed by atoms with Crippen molar-refractivity contribution >= 4 is 5.91 Å². The molecule has 0 unspecified atom stereocenters. The van der Waals surface area contributed by atoms with Gasteiger partial charge >= 0.3 is 0 Å². The standard InChI is InChI=1S/C15H19NO2/c17-14-7-6-13-8-12(14)9-15(18)16(13)10-11-4-2-1-3-5-11/h1-5,12-14,17H,6-10H2/t12-,13+,14+/m1/s1. The third kappa shape index (κ3) is 2.15. The Bertz CT molecular complexity index is 431. The molecule has 1 saturated carbocycles. The Labute approximate surface area is 107 Å². The molecule has 18 heavy (non-hydrogen) atoms. The van der Waals surface area contributed by atoms with E-state index in [9.17, 15) is 9.90 Å². The van der Waals surface area contributed by atoms with Gasteiger partial charge in [-0.25, -0.2) is 0 Å². The van der Waals surface area contributed by atoms with Crippen LogP contribution in [0.1, 0.15) is 31.2 Å². The molecule has 1 N–H and O–H groups in total. The van der Waals surface area contributed by atoms with Crippen LogP contribution < -0.4 is 0 Å². The van der Waals surface area contributed by atoms with Gasteiger partial charge in [0.2, 0.25) is 5.91 Å². The number of aliphatic hydroxyl groups excluding tert-OH is 1. The van der Waals surface area contributed by atoms with Crippen molar-refractivity contribution in [3.63, 3.8) is 0 Å². The molecular weight excluding hydrogens is 226 g/mol. The Morgan fingerprint density at radius 3 is 2.78 bits per heavy atom. The van der Waals surface area contributed by atoms with Crippen molar-refractivity contribution in [1.29, 1.82) is 0 Å². The normalized spacial score (nSPS) is 31.5. The maximum Gasteiger partial charge on any atom is 0.223 e. The van der Waals surface area contributed by atoms with Crippen LogP contribution in [-0.4, -0.2) is 28.1 Å². The molecule has 2 fully saturated rings. The summed E-state index contributed by atoms with van der Waals surface area (Å²) in [5.41, 5.74) is 1.19. The molecule has 0 spiro atoms. The topological polar surface area (TPSA) is 40.5 Å². The highest BCUT2D eigenvalue weighted by Gasteiger charge is 2.40. The first kappa shape index (κ1) is 11.7. The average Bonchev–Trinajstić information content (AvgIpc) is 2.39. The van der Waals surface area contributed by atoms with Crippen LogP contribution in [0.3, 0.4) is 0 Å². The molecule has 0 radical (unpaired) electrons. The summed E-state index contributed by atoms with van der Waals surface area (Å²) in [6.45, 7) is 0.715. The summed E-state index contributed by atoms with van der Waals surface area (Å²) >= 11 is 0. The maximum absolute atomic E-state index is 12.2. The molecule has 1 heterocycles. The number of nitrogens with zero attached hydrogens (tertiary/aromatic N) is 1. The van der Waals surface area contributed by atoms with E-state index in [0.717, 1.165) is 19.3 Å². The maximum atomic E-state index is 12.2. The quantitative estimate of drug-likeness (QED) is 0.865. The third-order valence-corrected chi connectivity index (χ3v) is 4.31.